The summed E-state index contributed by atoms with van der Waals surface area (Å²) in [6.45, 7) is 2.60. The Morgan fingerprint density at radius 2 is 1.75 bits per heavy atom. The van der Waals surface area contributed by atoms with Gasteiger partial charge in [-0.15, -0.1) is 0 Å². The van der Waals surface area contributed by atoms with E-state index in [1.165, 1.54) is 31.4 Å². The van der Waals surface area contributed by atoms with Gasteiger partial charge in [0.25, 0.3) is 0 Å². The predicted molar refractivity (Wildman–Crippen MR) is 54.3 cm³/mol. The SMILES string of the molecule is CCCCCC[S+](C)CCO.[Br-]. The summed E-state index contributed by atoms with van der Waals surface area (Å²) in [6.07, 6.45) is 7.67. The molecule has 0 aromatic carbocycles. The summed E-state index contributed by atoms with van der Waals surface area (Å²) in [5.74, 6) is 2.33. The maximum atomic E-state index is 8.65. The summed E-state index contributed by atoms with van der Waals surface area (Å²) in [5.41, 5.74) is 0. The molecule has 76 valence electrons. The van der Waals surface area contributed by atoms with Gasteiger partial charge in [0.05, 0.1) is 12.9 Å². The van der Waals surface area contributed by atoms with Crippen LogP contribution in [0.3, 0.4) is 0 Å². The second kappa shape index (κ2) is 11.8. The molecule has 0 amide bonds. The van der Waals surface area contributed by atoms with Gasteiger partial charge in [-0.2, -0.15) is 0 Å². The average Bonchev–Trinajstić information content (AvgIpc) is 1.99. The van der Waals surface area contributed by atoms with Crippen molar-refractivity contribution in [3.63, 3.8) is 0 Å². The van der Waals surface area contributed by atoms with Crippen molar-refractivity contribution >= 4 is 10.9 Å². The Morgan fingerprint density at radius 1 is 1.08 bits per heavy atom. The molecule has 0 aromatic rings. The molecule has 0 bridgehead atoms. The van der Waals surface area contributed by atoms with E-state index in [2.05, 4.69) is 13.2 Å². The predicted octanol–water partition coefficient (Wildman–Crippen LogP) is -1.19. The summed E-state index contributed by atoms with van der Waals surface area (Å²) >= 11 is 0. The van der Waals surface area contributed by atoms with Crippen molar-refractivity contribution in [1.29, 1.82) is 0 Å². The zero-order valence-corrected chi connectivity index (χ0v) is 10.6. The Labute approximate surface area is 90.1 Å². The molecule has 12 heavy (non-hydrogen) atoms. The molecule has 0 radical (unpaired) electrons. The van der Waals surface area contributed by atoms with Crippen LogP contribution in [-0.2, 0) is 10.9 Å². The maximum absolute atomic E-state index is 8.65. The van der Waals surface area contributed by atoms with Crippen LogP contribution in [0.5, 0.6) is 0 Å². The summed E-state index contributed by atoms with van der Waals surface area (Å²) in [7, 11) is 0.476. The molecule has 0 fully saturated rings. The van der Waals surface area contributed by atoms with Gasteiger partial charge in [-0.3, -0.25) is 0 Å². The smallest absolute Gasteiger partial charge is 0.130 e. The van der Waals surface area contributed by atoms with E-state index in [0.717, 1.165) is 5.75 Å². The van der Waals surface area contributed by atoms with Crippen LogP contribution in [0, 0.1) is 0 Å². The molecule has 1 nitrogen and oxygen atoms in total. The fraction of sp³-hybridized carbons (Fsp3) is 1.00. The van der Waals surface area contributed by atoms with Crippen molar-refractivity contribution in [2.45, 2.75) is 32.6 Å². The van der Waals surface area contributed by atoms with E-state index in [0.29, 0.717) is 17.5 Å². The summed E-state index contributed by atoms with van der Waals surface area (Å²) < 4.78 is 0. The van der Waals surface area contributed by atoms with Crippen molar-refractivity contribution in [1.82, 2.24) is 0 Å². The normalized spacial score (nSPS) is 12.2. The Balaban J connectivity index is 0. The van der Waals surface area contributed by atoms with E-state index in [1.807, 2.05) is 0 Å². The van der Waals surface area contributed by atoms with Gasteiger partial charge in [0.2, 0.25) is 0 Å². The highest BCUT2D eigenvalue weighted by atomic mass is 79.9. The number of rotatable bonds is 7. The molecule has 1 atom stereocenters. The minimum Gasteiger partial charge on any atom is -1.00 e. The number of hydrogen-bond acceptors (Lipinski definition) is 1. The molecule has 0 heterocycles. The van der Waals surface area contributed by atoms with Gasteiger partial charge in [0.1, 0.15) is 11.5 Å². The van der Waals surface area contributed by atoms with Crippen molar-refractivity contribution in [3.05, 3.63) is 0 Å². The Morgan fingerprint density at radius 3 is 2.25 bits per heavy atom. The lowest BCUT2D eigenvalue weighted by Crippen LogP contribution is -3.00. The molecule has 0 aliphatic heterocycles. The molecule has 0 aliphatic carbocycles. The minimum absolute atomic E-state index is 0. The van der Waals surface area contributed by atoms with Crippen LogP contribution in [0.2, 0.25) is 0 Å². The van der Waals surface area contributed by atoms with Gasteiger partial charge in [0.15, 0.2) is 0 Å². The van der Waals surface area contributed by atoms with Crippen LogP contribution in [-0.4, -0.2) is 29.5 Å². The van der Waals surface area contributed by atoms with Gasteiger partial charge in [-0.05, 0) is 23.7 Å². The van der Waals surface area contributed by atoms with Crippen molar-refractivity contribution in [3.8, 4) is 0 Å². The molecule has 0 saturated heterocycles. The number of hydrogen-bond donors (Lipinski definition) is 1. The van der Waals surface area contributed by atoms with Crippen LogP contribution >= 0.6 is 0 Å². The van der Waals surface area contributed by atoms with E-state index in [1.54, 1.807) is 0 Å². The van der Waals surface area contributed by atoms with E-state index in [9.17, 15) is 0 Å². The number of halogens is 1. The molecule has 0 saturated carbocycles. The lowest BCUT2D eigenvalue weighted by molar-refractivity contribution is -0.00000367. The summed E-state index contributed by atoms with van der Waals surface area (Å²) in [5, 5.41) is 8.65. The van der Waals surface area contributed by atoms with Gasteiger partial charge in [0, 0.05) is 0 Å². The van der Waals surface area contributed by atoms with E-state index < -0.39 is 0 Å². The van der Waals surface area contributed by atoms with Gasteiger partial charge < -0.3 is 22.1 Å². The monoisotopic (exact) mass is 256 g/mol. The lowest BCUT2D eigenvalue weighted by atomic mass is 10.2. The quantitative estimate of drug-likeness (QED) is 0.449. The third kappa shape index (κ3) is 10.8. The molecular weight excluding hydrogens is 236 g/mol. The first-order valence-electron chi connectivity index (χ1n) is 4.51. The fourth-order valence-corrected chi connectivity index (χ4v) is 2.25. The molecule has 0 aliphatic rings. The second-order valence-corrected chi connectivity index (χ2v) is 5.35. The Kier molecular flexibility index (Phi) is 15.0. The highest BCUT2D eigenvalue weighted by Crippen LogP contribution is 2.02. The highest BCUT2D eigenvalue weighted by molar-refractivity contribution is 7.96. The average molecular weight is 257 g/mol. The second-order valence-electron chi connectivity index (χ2n) is 2.97. The first kappa shape index (κ1) is 15.3. The molecule has 1 N–H and O–H groups in total. The Bertz CT molecular complexity index is 80.9. The molecule has 3 heteroatoms. The van der Waals surface area contributed by atoms with E-state index in [-0.39, 0.29) is 17.0 Å². The highest BCUT2D eigenvalue weighted by Gasteiger charge is 2.07. The molecule has 0 aromatic heterocycles. The standard InChI is InChI=1S/C9H21OS.BrH/c1-3-4-5-6-8-11(2)9-7-10;/h10H,3-9H2,1-2H3;1H/q+1;/p-1. The van der Waals surface area contributed by atoms with E-state index in [4.69, 9.17) is 5.11 Å². The first-order chi connectivity index (χ1) is 5.31. The van der Waals surface area contributed by atoms with Gasteiger partial charge in [-0.25, -0.2) is 0 Å². The first-order valence-corrected chi connectivity index (χ1v) is 6.48. The molecule has 1 unspecified atom stereocenters. The van der Waals surface area contributed by atoms with Crippen LogP contribution < -0.4 is 17.0 Å². The topological polar surface area (TPSA) is 20.2 Å². The number of aliphatic hydroxyl groups excluding tert-OH is 1. The largest absolute Gasteiger partial charge is 1.00 e. The zero-order valence-electron chi connectivity index (χ0n) is 8.18. The van der Waals surface area contributed by atoms with Crippen LogP contribution in [0.25, 0.3) is 0 Å². The molecular formula is C9H21BrOS. The maximum Gasteiger partial charge on any atom is 0.130 e. The van der Waals surface area contributed by atoms with E-state index >= 15 is 0 Å². The number of aliphatic hydroxyl groups is 1. The molecule has 0 spiro atoms. The third-order valence-electron chi connectivity index (χ3n) is 1.79. The third-order valence-corrected chi connectivity index (χ3v) is 3.65. The zero-order chi connectivity index (χ0) is 8.53. The number of unbranched alkanes of at least 4 members (excludes halogenated alkanes) is 3. The van der Waals surface area contributed by atoms with Gasteiger partial charge >= 0.3 is 0 Å². The lowest BCUT2D eigenvalue weighted by Gasteiger charge is -2.00. The fourth-order valence-electron chi connectivity index (χ4n) is 1.03. The van der Waals surface area contributed by atoms with Crippen molar-refractivity contribution < 1.29 is 22.1 Å². The van der Waals surface area contributed by atoms with Crippen LogP contribution in [0.4, 0.5) is 0 Å². The minimum atomic E-state index is 0. The van der Waals surface area contributed by atoms with Crippen molar-refractivity contribution in [2.75, 3.05) is 24.4 Å². The van der Waals surface area contributed by atoms with Crippen LogP contribution in [0.1, 0.15) is 32.6 Å². The molecule has 0 rings (SSSR count). The van der Waals surface area contributed by atoms with Gasteiger partial charge in [-0.1, -0.05) is 19.8 Å². The van der Waals surface area contributed by atoms with Crippen molar-refractivity contribution in [2.24, 2.45) is 0 Å². The van der Waals surface area contributed by atoms with Crippen LogP contribution in [0.15, 0.2) is 0 Å². The summed E-state index contributed by atoms with van der Waals surface area (Å²) in [4.78, 5) is 0. The summed E-state index contributed by atoms with van der Waals surface area (Å²) in [6, 6.07) is 0. The Hall–Kier alpha value is 0.790.